The van der Waals surface area contributed by atoms with Gasteiger partial charge in [0.1, 0.15) is 10.8 Å². The molecule has 0 aromatic carbocycles. The van der Waals surface area contributed by atoms with Crippen LogP contribution in [-0.2, 0) is 4.79 Å². The topological polar surface area (TPSA) is 91.2 Å². The molecule has 0 bridgehead atoms. The predicted octanol–water partition coefficient (Wildman–Crippen LogP) is 3.85. The first-order valence-corrected chi connectivity index (χ1v) is 12.4. The highest BCUT2D eigenvalue weighted by atomic mass is 35.5. The van der Waals surface area contributed by atoms with Crippen molar-refractivity contribution in [2.45, 2.75) is 57.9 Å². The molecule has 0 aliphatic carbocycles. The molecule has 0 atom stereocenters. The zero-order chi connectivity index (χ0) is 23.2. The number of rotatable bonds is 8. The Labute approximate surface area is 200 Å². The molecule has 4 rings (SSSR count). The van der Waals surface area contributed by atoms with Crippen LogP contribution >= 0.6 is 11.6 Å². The van der Waals surface area contributed by atoms with Crippen molar-refractivity contribution in [2.75, 3.05) is 50.4 Å². The van der Waals surface area contributed by atoms with Crippen LogP contribution in [0.1, 0.15) is 56.7 Å². The van der Waals surface area contributed by atoms with Gasteiger partial charge in [-0.15, -0.1) is 0 Å². The van der Waals surface area contributed by atoms with Gasteiger partial charge in [-0.2, -0.15) is 10.1 Å². The zero-order valence-corrected chi connectivity index (χ0v) is 20.4. The number of likely N-dealkylation sites (tertiary alicyclic amines) is 2. The van der Waals surface area contributed by atoms with E-state index in [1.54, 1.807) is 6.20 Å². The van der Waals surface area contributed by atoms with E-state index < -0.39 is 0 Å². The number of amides is 1. The molecule has 1 amide bonds. The predicted molar refractivity (Wildman–Crippen MR) is 131 cm³/mol. The van der Waals surface area contributed by atoms with Gasteiger partial charge in [0.05, 0.1) is 23.6 Å². The lowest BCUT2D eigenvalue weighted by Gasteiger charge is -2.28. The SMILES string of the molecule is Cc1nn(C2CCN(C)CC2)cc1Nc1ncc(Cl)c(NCCCN2CCCCCC2=O)n1. The monoisotopic (exact) mass is 474 g/mol. The first-order valence-electron chi connectivity index (χ1n) is 12.0. The molecule has 2 fully saturated rings. The van der Waals surface area contributed by atoms with Crippen molar-refractivity contribution in [1.82, 2.24) is 29.5 Å². The summed E-state index contributed by atoms with van der Waals surface area (Å²) in [5.41, 5.74) is 1.82. The van der Waals surface area contributed by atoms with E-state index in [9.17, 15) is 4.79 Å². The Hall–Kier alpha value is -2.39. The second kappa shape index (κ2) is 11.2. The Bertz CT molecular complexity index is 941. The molecule has 0 radical (unpaired) electrons. The minimum atomic E-state index is 0.273. The Kier molecular flexibility index (Phi) is 8.03. The van der Waals surface area contributed by atoms with Crippen molar-refractivity contribution >= 4 is 35.0 Å². The minimum absolute atomic E-state index is 0.273. The Morgan fingerprint density at radius 2 is 2.00 bits per heavy atom. The number of hydrogen-bond acceptors (Lipinski definition) is 7. The molecular formula is C23H35ClN8O. The Morgan fingerprint density at radius 1 is 1.18 bits per heavy atom. The van der Waals surface area contributed by atoms with Crippen LogP contribution < -0.4 is 10.6 Å². The van der Waals surface area contributed by atoms with Gasteiger partial charge in [0, 0.05) is 32.3 Å². The zero-order valence-electron chi connectivity index (χ0n) is 19.7. The van der Waals surface area contributed by atoms with Crippen molar-refractivity contribution in [3.8, 4) is 0 Å². The number of anilines is 3. The molecule has 0 spiro atoms. The van der Waals surface area contributed by atoms with Crippen LogP contribution in [0.5, 0.6) is 0 Å². The standard InChI is InChI=1S/C23H35ClN8O/c1-17-20(16-32(29-17)18-8-13-30(2)14-9-18)27-23-26-15-19(24)22(28-23)25-10-6-12-31-11-5-3-4-7-21(31)33/h15-16,18H,3-14H2,1-2H3,(H2,25,26,27,28). The third-order valence-electron chi connectivity index (χ3n) is 6.54. The van der Waals surface area contributed by atoms with Crippen LogP contribution in [0.4, 0.5) is 17.5 Å². The number of aromatic nitrogens is 4. The highest BCUT2D eigenvalue weighted by molar-refractivity contribution is 6.32. The van der Waals surface area contributed by atoms with Crippen molar-refractivity contribution in [3.63, 3.8) is 0 Å². The summed E-state index contributed by atoms with van der Waals surface area (Å²) in [6.45, 7) is 6.49. The maximum atomic E-state index is 12.1. The van der Waals surface area contributed by atoms with Gasteiger partial charge >= 0.3 is 0 Å². The maximum absolute atomic E-state index is 12.1. The molecule has 33 heavy (non-hydrogen) atoms. The number of halogens is 1. The third-order valence-corrected chi connectivity index (χ3v) is 6.81. The number of piperidine rings is 1. The first-order chi connectivity index (χ1) is 16.0. The van der Waals surface area contributed by atoms with E-state index in [-0.39, 0.29) is 5.91 Å². The van der Waals surface area contributed by atoms with Gasteiger partial charge in [-0.1, -0.05) is 18.0 Å². The van der Waals surface area contributed by atoms with Crippen LogP contribution in [0.15, 0.2) is 12.4 Å². The molecule has 2 aromatic rings. The van der Waals surface area contributed by atoms with Gasteiger partial charge in [0.2, 0.25) is 11.9 Å². The summed E-state index contributed by atoms with van der Waals surface area (Å²) in [6, 6.07) is 0.426. The van der Waals surface area contributed by atoms with E-state index in [0.29, 0.717) is 35.8 Å². The number of nitrogens with one attached hydrogen (secondary N) is 2. The molecule has 2 aromatic heterocycles. The van der Waals surface area contributed by atoms with Crippen LogP contribution in [0, 0.1) is 6.92 Å². The number of carbonyl (C=O) groups is 1. The molecule has 0 saturated carbocycles. The fraction of sp³-hybridized carbons (Fsp3) is 0.652. The highest BCUT2D eigenvalue weighted by Gasteiger charge is 2.20. The molecule has 9 nitrogen and oxygen atoms in total. The second-order valence-corrected chi connectivity index (χ2v) is 9.54. The average molecular weight is 475 g/mol. The van der Waals surface area contributed by atoms with E-state index in [2.05, 4.69) is 43.4 Å². The largest absolute Gasteiger partial charge is 0.369 e. The highest BCUT2D eigenvalue weighted by Crippen LogP contribution is 2.26. The van der Waals surface area contributed by atoms with E-state index in [1.807, 2.05) is 11.8 Å². The van der Waals surface area contributed by atoms with Gasteiger partial charge in [-0.05, 0) is 59.2 Å². The summed E-state index contributed by atoms with van der Waals surface area (Å²) < 4.78 is 2.07. The quantitative estimate of drug-likeness (QED) is 0.561. The third kappa shape index (κ3) is 6.35. The molecule has 4 heterocycles. The summed E-state index contributed by atoms with van der Waals surface area (Å²) >= 11 is 6.32. The molecule has 2 aliphatic rings. The first kappa shape index (κ1) is 23.8. The van der Waals surface area contributed by atoms with Crippen molar-refractivity contribution in [3.05, 3.63) is 23.1 Å². The van der Waals surface area contributed by atoms with Crippen molar-refractivity contribution in [2.24, 2.45) is 0 Å². The number of aryl methyl sites for hydroxylation is 1. The van der Waals surface area contributed by atoms with Crippen LogP contribution in [0.25, 0.3) is 0 Å². The minimum Gasteiger partial charge on any atom is -0.369 e. The van der Waals surface area contributed by atoms with E-state index in [0.717, 1.165) is 76.1 Å². The van der Waals surface area contributed by atoms with E-state index in [4.69, 9.17) is 16.7 Å². The van der Waals surface area contributed by atoms with Crippen LogP contribution in [-0.4, -0.2) is 75.2 Å². The molecule has 180 valence electrons. The molecule has 2 N–H and O–H groups in total. The van der Waals surface area contributed by atoms with Gasteiger partial charge < -0.3 is 20.4 Å². The van der Waals surface area contributed by atoms with Crippen molar-refractivity contribution in [1.29, 1.82) is 0 Å². The van der Waals surface area contributed by atoms with E-state index >= 15 is 0 Å². The van der Waals surface area contributed by atoms with Gasteiger partial charge in [0.15, 0.2) is 0 Å². The number of hydrogen-bond donors (Lipinski definition) is 2. The van der Waals surface area contributed by atoms with Crippen LogP contribution in [0.2, 0.25) is 5.02 Å². The van der Waals surface area contributed by atoms with E-state index in [1.165, 1.54) is 0 Å². The summed E-state index contributed by atoms with van der Waals surface area (Å²) in [4.78, 5) is 25.4. The molecule has 2 aliphatic heterocycles. The Balaban J connectivity index is 1.32. The normalized spacial score (nSPS) is 18.4. The van der Waals surface area contributed by atoms with Crippen molar-refractivity contribution < 1.29 is 4.79 Å². The second-order valence-electron chi connectivity index (χ2n) is 9.13. The molecule has 2 saturated heterocycles. The number of nitrogens with zero attached hydrogens (tertiary/aromatic N) is 6. The van der Waals surface area contributed by atoms with Gasteiger partial charge in [-0.3, -0.25) is 9.48 Å². The summed E-state index contributed by atoms with van der Waals surface area (Å²) in [7, 11) is 2.16. The van der Waals surface area contributed by atoms with Crippen LogP contribution in [0.3, 0.4) is 0 Å². The Morgan fingerprint density at radius 3 is 2.82 bits per heavy atom. The fourth-order valence-corrected chi connectivity index (χ4v) is 4.63. The summed E-state index contributed by atoms with van der Waals surface area (Å²) in [6.07, 6.45) is 10.6. The van der Waals surface area contributed by atoms with Gasteiger partial charge in [-0.25, -0.2) is 4.98 Å². The number of carbonyl (C=O) groups excluding carboxylic acids is 1. The molecule has 0 unspecified atom stereocenters. The smallest absolute Gasteiger partial charge is 0.229 e. The van der Waals surface area contributed by atoms with Gasteiger partial charge in [0.25, 0.3) is 0 Å². The summed E-state index contributed by atoms with van der Waals surface area (Å²) in [5.74, 6) is 1.35. The lowest BCUT2D eigenvalue weighted by Crippen LogP contribution is -2.32. The average Bonchev–Trinajstić information content (AvgIpc) is 3.03. The lowest BCUT2D eigenvalue weighted by atomic mass is 10.1. The fourth-order valence-electron chi connectivity index (χ4n) is 4.47. The lowest BCUT2D eigenvalue weighted by molar-refractivity contribution is -0.130. The maximum Gasteiger partial charge on any atom is 0.229 e. The molecule has 10 heteroatoms. The molecular weight excluding hydrogens is 440 g/mol. The summed E-state index contributed by atoms with van der Waals surface area (Å²) in [5, 5.41) is 11.8.